The third-order valence-electron chi connectivity index (χ3n) is 9.26. The number of aryl methyl sites for hydroxylation is 3. The monoisotopic (exact) mass is 708 g/mol. The van der Waals surface area contributed by atoms with E-state index in [1.807, 2.05) is 24.0 Å². The number of nitrogens with zero attached hydrogens (tertiary/aromatic N) is 5. The van der Waals surface area contributed by atoms with Crippen LogP contribution in [0.15, 0.2) is 42.5 Å². The number of carboxylic acids is 2. The highest BCUT2D eigenvalue weighted by molar-refractivity contribution is 6.03. The highest BCUT2D eigenvalue weighted by atomic mass is 19.4. The molecule has 12 nitrogen and oxygen atoms in total. The fourth-order valence-corrected chi connectivity index (χ4v) is 6.54. The first-order valence-corrected chi connectivity index (χ1v) is 16.5. The number of alkyl halides is 3. The van der Waals surface area contributed by atoms with E-state index < -0.39 is 23.7 Å². The maximum atomic E-state index is 13.2. The molecular weight excluding hydrogens is 669 g/mol. The van der Waals surface area contributed by atoms with Crippen molar-refractivity contribution in [2.75, 3.05) is 55.9 Å². The first-order valence-electron chi connectivity index (χ1n) is 16.5. The molecule has 51 heavy (non-hydrogen) atoms. The molecule has 0 bridgehead atoms. The molecule has 15 heteroatoms. The zero-order chi connectivity index (χ0) is 36.6. The average Bonchev–Trinajstić information content (AvgIpc) is 3.62. The van der Waals surface area contributed by atoms with Crippen LogP contribution in [0.4, 0.5) is 24.5 Å². The van der Waals surface area contributed by atoms with Crippen molar-refractivity contribution in [2.45, 2.75) is 46.5 Å². The Morgan fingerprint density at radius 2 is 1.55 bits per heavy atom. The summed E-state index contributed by atoms with van der Waals surface area (Å²) < 4.78 is 52.2. The molecule has 7 rings (SSSR count). The molecule has 2 aliphatic heterocycles. The van der Waals surface area contributed by atoms with E-state index in [2.05, 4.69) is 26.8 Å². The number of hydrogen-bond donors (Lipinski definition) is 3. The second kappa shape index (κ2) is 14.2. The maximum absolute atomic E-state index is 13.2. The van der Waals surface area contributed by atoms with Crippen LogP contribution in [0.2, 0.25) is 0 Å². The van der Waals surface area contributed by atoms with Crippen molar-refractivity contribution in [3.8, 4) is 0 Å². The lowest BCUT2D eigenvalue weighted by Crippen LogP contribution is -2.43. The van der Waals surface area contributed by atoms with Gasteiger partial charge in [-0.3, -0.25) is 0 Å². The van der Waals surface area contributed by atoms with Gasteiger partial charge in [0.25, 0.3) is 0 Å². The Morgan fingerprint density at radius 1 is 0.882 bits per heavy atom. The highest BCUT2D eigenvalue weighted by Gasteiger charge is 2.31. The third kappa shape index (κ3) is 7.49. The molecule has 0 amide bonds. The summed E-state index contributed by atoms with van der Waals surface area (Å²) in [5.41, 5.74) is 4.63. The normalized spacial score (nSPS) is 16.7. The number of aromatic carboxylic acids is 2. The predicted molar refractivity (Wildman–Crippen MR) is 185 cm³/mol. The maximum Gasteiger partial charge on any atom is 0.416 e. The number of morpholine rings is 2. The topological polar surface area (TPSA) is 146 Å². The fraction of sp³-hybridized carbons (Fsp3) is 0.389. The molecule has 1 atom stereocenters. The number of anilines is 2. The number of hydrogen-bond acceptors (Lipinski definition) is 8. The van der Waals surface area contributed by atoms with Crippen molar-refractivity contribution in [2.24, 2.45) is 0 Å². The molecule has 0 saturated carbocycles. The van der Waals surface area contributed by atoms with Crippen LogP contribution in [0.3, 0.4) is 0 Å². The van der Waals surface area contributed by atoms with Gasteiger partial charge in [-0.2, -0.15) is 13.2 Å². The molecule has 2 saturated heterocycles. The van der Waals surface area contributed by atoms with Gasteiger partial charge in [0, 0.05) is 43.6 Å². The van der Waals surface area contributed by atoms with E-state index in [9.17, 15) is 33.0 Å². The number of carbonyl (C=O) groups is 2. The van der Waals surface area contributed by atoms with E-state index in [0.717, 1.165) is 47.0 Å². The van der Waals surface area contributed by atoms with Crippen LogP contribution in [-0.4, -0.2) is 93.8 Å². The summed E-state index contributed by atoms with van der Waals surface area (Å²) >= 11 is 0. The van der Waals surface area contributed by atoms with Crippen LogP contribution < -0.4 is 9.80 Å². The van der Waals surface area contributed by atoms with Gasteiger partial charge in [0.15, 0.2) is 0 Å². The number of ether oxygens (including phenoxy) is 2. The number of aromatic nitrogens is 4. The van der Waals surface area contributed by atoms with Crippen LogP contribution in [0.1, 0.15) is 56.0 Å². The van der Waals surface area contributed by atoms with Gasteiger partial charge in [-0.25, -0.2) is 19.6 Å². The molecule has 270 valence electrons. The van der Waals surface area contributed by atoms with Crippen LogP contribution in [0, 0.1) is 20.8 Å². The van der Waals surface area contributed by atoms with Crippen molar-refractivity contribution in [1.29, 1.82) is 0 Å². The molecule has 5 aromatic rings. The smallest absolute Gasteiger partial charge is 0.416 e. The first-order chi connectivity index (χ1) is 24.2. The quantitative estimate of drug-likeness (QED) is 0.191. The molecule has 0 aliphatic carbocycles. The van der Waals surface area contributed by atoms with Gasteiger partial charge in [-0.05, 0) is 75.2 Å². The summed E-state index contributed by atoms with van der Waals surface area (Å²) in [6.07, 6.45) is -4.44. The summed E-state index contributed by atoms with van der Waals surface area (Å²) in [6.45, 7) is 12.0. The lowest BCUT2D eigenvalue weighted by atomic mass is 10.0. The van der Waals surface area contributed by atoms with Crippen LogP contribution in [0.5, 0.6) is 0 Å². The second-order valence-electron chi connectivity index (χ2n) is 12.8. The van der Waals surface area contributed by atoms with Gasteiger partial charge in [0.05, 0.1) is 54.2 Å². The zero-order valence-corrected chi connectivity index (χ0v) is 28.7. The average molecular weight is 709 g/mol. The van der Waals surface area contributed by atoms with E-state index in [0.29, 0.717) is 67.5 Å². The summed E-state index contributed by atoms with van der Waals surface area (Å²) in [6, 6.07) is 11.0. The van der Waals surface area contributed by atoms with Crippen molar-refractivity contribution >= 4 is 45.4 Å². The Labute approximate surface area is 291 Å². The van der Waals surface area contributed by atoms with E-state index in [4.69, 9.17) is 9.47 Å². The van der Waals surface area contributed by atoms with Crippen molar-refractivity contribution in [1.82, 2.24) is 19.5 Å². The summed E-state index contributed by atoms with van der Waals surface area (Å²) in [4.78, 5) is 39.4. The van der Waals surface area contributed by atoms with Crippen molar-refractivity contribution in [3.63, 3.8) is 0 Å². The molecule has 2 aromatic heterocycles. The lowest BCUT2D eigenvalue weighted by Gasteiger charge is -2.35. The molecule has 2 fully saturated rings. The standard InChI is InChI=1S/C22H22F3N3O3.C14H17N3O3/c1-13-3-4-16(22(23,24)25)9-15(13)12-28-14(2)26-20-18(21(29)30)10-17(11-19(20)28)27-5-7-31-8-6-27;1-8-7-20-4-3-17(8)10-5-11(14(18)19)13-12(6-10)15-9(2)16-13/h3-4,9-11H,5-8,12H2,1-2H3,(H,29,30);5-6,8H,3-4,7H2,1-2H3,(H,15,16)(H,18,19). The second-order valence-corrected chi connectivity index (χ2v) is 12.8. The largest absolute Gasteiger partial charge is 0.478 e. The van der Waals surface area contributed by atoms with E-state index in [1.54, 1.807) is 30.5 Å². The van der Waals surface area contributed by atoms with Gasteiger partial charge >= 0.3 is 18.1 Å². The van der Waals surface area contributed by atoms with Crippen LogP contribution in [-0.2, 0) is 22.2 Å². The Hall–Kier alpha value is -5.15. The minimum absolute atomic E-state index is 0.0709. The van der Waals surface area contributed by atoms with Crippen molar-refractivity contribution < 1.29 is 42.4 Å². The van der Waals surface area contributed by atoms with E-state index >= 15 is 0 Å². The van der Waals surface area contributed by atoms with Gasteiger partial charge in [0.1, 0.15) is 22.7 Å². The van der Waals surface area contributed by atoms with Gasteiger partial charge in [-0.15, -0.1) is 0 Å². The Kier molecular flexibility index (Phi) is 9.95. The zero-order valence-electron chi connectivity index (χ0n) is 28.7. The number of nitrogens with one attached hydrogen (secondary N) is 1. The number of imidazole rings is 2. The molecular formula is C36H39F3N6O6. The number of fused-ring (bicyclic) bond motifs is 2. The predicted octanol–water partition coefficient (Wildman–Crippen LogP) is 6.05. The van der Waals surface area contributed by atoms with Gasteiger partial charge < -0.3 is 39.0 Å². The first kappa shape index (κ1) is 35.7. The lowest BCUT2D eigenvalue weighted by molar-refractivity contribution is -0.137. The van der Waals surface area contributed by atoms with Crippen LogP contribution in [0.25, 0.3) is 22.1 Å². The van der Waals surface area contributed by atoms with E-state index in [-0.39, 0.29) is 23.7 Å². The molecule has 3 aromatic carbocycles. The SMILES string of the molecule is Cc1ccc(C(F)(F)F)cc1Cn1c(C)nc2c(C(=O)O)cc(N3CCOCC3)cc21.Cc1nc2c(C(=O)O)cc(N3CCOCC3C)cc2[nH]1. The number of carboxylic acid groups (broad SMARTS) is 2. The summed E-state index contributed by atoms with van der Waals surface area (Å²) in [5, 5.41) is 19.1. The molecule has 3 N–H and O–H groups in total. The van der Waals surface area contributed by atoms with Gasteiger partial charge in [0.2, 0.25) is 0 Å². The van der Waals surface area contributed by atoms with E-state index in [1.165, 1.54) is 6.07 Å². The Balaban J connectivity index is 0.000000193. The Bertz CT molecular complexity index is 2100. The minimum atomic E-state index is -4.44. The van der Waals surface area contributed by atoms with Crippen LogP contribution >= 0.6 is 0 Å². The number of benzene rings is 3. The molecule has 0 spiro atoms. The molecule has 0 radical (unpaired) electrons. The van der Waals surface area contributed by atoms with Gasteiger partial charge in [-0.1, -0.05) is 6.07 Å². The number of rotatable bonds is 6. The summed E-state index contributed by atoms with van der Waals surface area (Å²) in [5.74, 6) is -0.799. The molecule has 2 aliphatic rings. The number of aromatic amines is 1. The summed E-state index contributed by atoms with van der Waals surface area (Å²) in [7, 11) is 0. The fourth-order valence-electron chi connectivity index (χ4n) is 6.54. The Morgan fingerprint density at radius 3 is 2.22 bits per heavy atom. The number of halogens is 3. The van der Waals surface area contributed by atoms with Crippen molar-refractivity contribution in [3.05, 3.63) is 81.9 Å². The minimum Gasteiger partial charge on any atom is -0.478 e. The third-order valence-corrected chi connectivity index (χ3v) is 9.26. The number of H-pyrrole nitrogens is 1. The highest BCUT2D eigenvalue weighted by Crippen LogP contribution is 2.33. The molecule has 4 heterocycles. The molecule has 1 unspecified atom stereocenters.